The summed E-state index contributed by atoms with van der Waals surface area (Å²) in [4.78, 5) is 12.7. The van der Waals surface area contributed by atoms with Gasteiger partial charge in [0.15, 0.2) is 11.5 Å². The van der Waals surface area contributed by atoms with Crippen molar-refractivity contribution in [2.75, 3.05) is 7.11 Å². The van der Waals surface area contributed by atoms with Crippen molar-refractivity contribution in [2.24, 2.45) is 5.10 Å². The van der Waals surface area contributed by atoms with Crippen LogP contribution in [0, 0.1) is 0 Å². The lowest BCUT2D eigenvalue weighted by molar-refractivity contribution is 0.0955. The molecule has 3 aromatic carbocycles. The monoisotopic (exact) mass is 459 g/mol. The molecule has 33 heavy (non-hydrogen) atoms. The predicted octanol–water partition coefficient (Wildman–Crippen LogP) is 5.48. The van der Waals surface area contributed by atoms with E-state index in [9.17, 15) is 4.79 Å². The molecule has 0 aliphatic rings. The Labute approximate surface area is 197 Å². The lowest BCUT2D eigenvalue weighted by Crippen LogP contribution is -2.19. The number of halogens is 1. The van der Waals surface area contributed by atoms with Gasteiger partial charge >= 0.3 is 0 Å². The number of para-hydroxylation sites is 1. The number of hydrogen-bond acceptors (Lipinski definition) is 4. The van der Waals surface area contributed by atoms with E-state index in [4.69, 9.17) is 21.1 Å². The number of nitrogens with one attached hydrogen (secondary N) is 1. The maximum Gasteiger partial charge on any atom is 0.273 e. The summed E-state index contributed by atoms with van der Waals surface area (Å²) in [5.74, 6) is 0.870. The number of benzene rings is 3. The number of hydrogen-bond donors (Lipinski definition) is 1. The lowest BCUT2D eigenvalue weighted by atomic mass is 10.1. The van der Waals surface area contributed by atoms with E-state index in [1.54, 1.807) is 31.5 Å². The molecule has 4 aromatic rings. The van der Waals surface area contributed by atoms with Crippen molar-refractivity contribution in [3.05, 3.63) is 113 Å². The first-order chi connectivity index (χ1) is 16.1. The Balaban J connectivity index is 1.45. The molecule has 0 bridgehead atoms. The lowest BCUT2D eigenvalue weighted by Gasteiger charge is -2.11. The maximum absolute atomic E-state index is 12.7. The van der Waals surface area contributed by atoms with Gasteiger partial charge in [-0.2, -0.15) is 5.10 Å². The molecule has 1 aromatic heterocycles. The smallest absolute Gasteiger partial charge is 0.273 e. The summed E-state index contributed by atoms with van der Waals surface area (Å²) in [5.41, 5.74) is 5.62. The van der Waals surface area contributed by atoms with Gasteiger partial charge < -0.3 is 14.0 Å². The highest BCUT2D eigenvalue weighted by molar-refractivity contribution is 6.30. The van der Waals surface area contributed by atoms with Crippen molar-refractivity contribution >= 4 is 23.7 Å². The summed E-state index contributed by atoms with van der Waals surface area (Å²) in [6.45, 7) is 0.362. The highest BCUT2D eigenvalue weighted by atomic mass is 35.5. The van der Waals surface area contributed by atoms with Crippen LogP contribution in [0.4, 0.5) is 0 Å². The van der Waals surface area contributed by atoms with Crippen LogP contribution in [0.5, 0.6) is 11.5 Å². The molecule has 1 heterocycles. The number of nitrogens with zero attached hydrogens (tertiary/aromatic N) is 2. The van der Waals surface area contributed by atoms with Gasteiger partial charge in [0.1, 0.15) is 6.61 Å². The molecule has 6 nitrogen and oxygen atoms in total. The van der Waals surface area contributed by atoms with Gasteiger partial charge in [0, 0.05) is 17.4 Å². The Morgan fingerprint density at radius 3 is 2.52 bits per heavy atom. The Morgan fingerprint density at radius 1 is 1.00 bits per heavy atom. The summed E-state index contributed by atoms with van der Waals surface area (Å²) >= 11 is 5.94. The van der Waals surface area contributed by atoms with E-state index in [2.05, 4.69) is 10.5 Å². The number of carbonyl (C=O) groups excluding carboxylic acids is 1. The fourth-order valence-electron chi connectivity index (χ4n) is 3.24. The summed E-state index contributed by atoms with van der Waals surface area (Å²) < 4.78 is 13.2. The van der Waals surface area contributed by atoms with Crippen molar-refractivity contribution in [3.63, 3.8) is 0 Å². The van der Waals surface area contributed by atoms with Gasteiger partial charge in [0.2, 0.25) is 0 Å². The van der Waals surface area contributed by atoms with E-state index in [-0.39, 0.29) is 5.91 Å². The molecule has 0 unspecified atom stereocenters. The van der Waals surface area contributed by atoms with Crippen LogP contribution >= 0.6 is 11.6 Å². The zero-order chi connectivity index (χ0) is 23.0. The second-order valence-electron chi connectivity index (χ2n) is 7.13. The van der Waals surface area contributed by atoms with Crippen LogP contribution in [0.3, 0.4) is 0 Å². The van der Waals surface area contributed by atoms with Crippen molar-refractivity contribution in [2.45, 2.75) is 6.61 Å². The molecule has 7 heteroatoms. The molecule has 0 spiro atoms. The van der Waals surface area contributed by atoms with E-state index >= 15 is 0 Å². The Kier molecular flexibility index (Phi) is 7.07. The molecule has 0 fully saturated rings. The Hall–Kier alpha value is -4.03. The fraction of sp³-hybridized carbons (Fsp3) is 0.0769. The van der Waals surface area contributed by atoms with Gasteiger partial charge in [-0.05, 0) is 65.7 Å². The van der Waals surface area contributed by atoms with E-state index in [0.717, 1.165) is 16.8 Å². The third-order valence-corrected chi connectivity index (χ3v) is 5.16. The van der Waals surface area contributed by atoms with Crippen LogP contribution in [0.1, 0.15) is 21.5 Å². The van der Waals surface area contributed by atoms with Gasteiger partial charge in [-0.25, -0.2) is 5.43 Å². The first-order valence-corrected chi connectivity index (χ1v) is 10.6. The van der Waals surface area contributed by atoms with Gasteiger partial charge in [0.25, 0.3) is 5.91 Å². The molecule has 0 aliphatic carbocycles. The molecule has 0 saturated heterocycles. The Morgan fingerprint density at radius 2 is 1.76 bits per heavy atom. The summed E-state index contributed by atoms with van der Waals surface area (Å²) in [5, 5.41) is 4.79. The molecule has 166 valence electrons. The maximum atomic E-state index is 12.7. The average Bonchev–Trinajstić information content (AvgIpc) is 3.39. The number of aromatic nitrogens is 1. The molecule has 0 saturated carbocycles. The summed E-state index contributed by atoms with van der Waals surface area (Å²) in [7, 11) is 1.58. The number of ether oxygens (including phenoxy) is 2. The van der Waals surface area contributed by atoms with Crippen LogP contribution in [-0.4, -0.2) is 23.8 Å². The van der Waals surface area contributed by atoms with Crippen molar-refractivity contribution in [1.82, 2.24) is 9.99 Å². The number of rotatable bonds is 8. The highest BCUT2D eigenvalue weighted by Crippen LogP contribution is 2.28. The highest BCUT2D eigenvalue weighted by Gasteiger charge is 2.11. The van der Waals surface area contributed by atoms with E-state index in [1.807, 2.05) is 77.6 Å². The second-order valence-corrected chi connectivity index (χ2v) is 7.57. The van der Waals surface area contributed by atoms with Crippen LogP contribution in [0.15, 0.2) is 96.4 Å². The third-order valence-electron chi connectivity index (χ3n) is 4.91. The molecular weight excluding hydrogens is 438 g/mol. The fourth-order valence-corrected chi connectivity index (χ4v) is 3.37. The number of carbonyl (C=O) groups is 1. The minimum absolute atomic E-state index is 0.303. The van der Waals surface area contributed by atoms with Crippen molar-refractivity contribution < 1.29 is 14.3 Å². The first kappa shape index (κ1) is 22.2. The molecule has 0 atom stereocenters. The largest absolute Gasteiger partial charge is 0.493 e. The zero-order valence-corrected chi connectivity index (χ0v) is 18.7. The molecule has 0 radical (unpaired) electrons. The molecular formula is C26H22ClN3O3. The van der Waals surface area contributed by atoms with Crippen LogP contribution in [0.25, 0.3) is 5.69 Å². The van der Waals surface area contributed by atoms with Crippen LogP contribution in [-0.2, 0) is 6.61 Å². The van der Waals surface area contributed by atoms with Crippen molar-refractivity contribution in [1.29, 1.82) is 0 Å². The summed E-state index contributed by atoms with van der Waals surface area (Å²) in [6, 6.07) is 24.0. The van der Waals surface area contributed by atoms with Gasteiger partial charge in [-0.3, -0.25) is 4.79 Å². The third kappa shape index (κ3) is 5.61. The van der Waals surface area contributed by atoms with E-state index < -0.39 is 0 Å². The number of methoxy groups -OCH3 is 1. The van der Waals surface area contributed by atoms with Gasteiger partial charge in [-0.1, -0.05) is 35.9 Å². The normalized spacial score (nSPS) is 10.8. The number of amides is 1. The average molecular weight is 460 g/mol. The standard InChI is InChI=1S/C26H22ClN3O3/c1-32-24-13-10-20(16-25(24)33-18-19-8-11-21(27)12-9-19)17-28-29-26(31)22-6-2-3-7-23(22)30-14-4-5-15-30/h2-17H,18H2,1H3,(H,29,31). The first-order valence-electron chi connectivity index (χ1n) is 10.2. The number of hydrazone groups is 1. The topological polar surface area (TPSA) is 64.8 Å². The Bertz CT molecular complexity index is 1250. The van der Waals surface area contributed by atoms with Crippen LogP contribution in [0.2, 0.25) is 5.02 Å². The summed E-state index contributed by atoms with van der Waals surface area (Å²) in [6.07, 6.45) is 5.33. The van der Waals surface area contributed by atoms with E-state index in [1.165, 1.54) is 0 Å². The van der Waals surface area contributed by atoms with E-state index in [0.29, 0.717) is 28.7 Å². The molecule has 1 amide bonds. The van der Waals surface area contributed by atoms with Gasteiger partial charge in [-0.15, -0.1) is 0 Å². The molecule has 4 rings (SSSR count). The second kappa shape index (κ2) is 10.5. The van der Waals surface area contributed by atoms with Crippen LogP contribution < -0.4 is 14.9 Å². The van der Waals surface area contributed by atoms with Crippen molar-refractivity contribution in [3.8, 4) is 17.2 Å². The SMILES string of the molecule is COc1ccc(C=NNC(=O)c2ccccc2-n2cccc2)cc1OCc1ccc(Cl)cc1. The minimum atomic E-state index is -0.303. The molecule has 1 N–H and O–H groups in total. The van der Waals surface area contributed by atoms with Gasteiger partial charge in [0.05, 0.1) is 24.6 Å². The quantitative estimate of drug-likeness (QED) is 0.280. The predicted molar refractivity (Wildman–Crippen MR) is 130 cm³/mol. The molecule has 0 aliphatic heterocycles. The minimum Gasteiger partial charge on any atom is -0.493 e. The zero-order valence-electron chi connectivity index (χ0n) is 17.9.